The molecule has 0 spiro atoms. The Morgan fingerprint density at radius 2 is 2.00 bits per heavy atom. The Balaban J connectivity index is 1.61. The normalized spacial score (nSPS) is 25.3. The van der Waals surface area contributed by atoms with Gasteiger partial charge in [-0.2, -0.15) is 0 Å². The van der Waals surface area contributed by atoms with Crippen LogP contribution in [0.5, 0.6) is 0 Å². The molecule has 2 aliphatic heterocycles. The molecule has 1 N–H and O–H groups in total. The number of fused-ring (bicyclic) bond motifs is 3. The number of carbonyl (C=O) groups excluding carboxylic acids is 1. The van der Waals surface area contributed by atoms with Crippen LogP contribution < -0.4 is 5.32 Å². The van der Waals surface area contributed by atoms with Crippen LogP contribution in [0.25, 0.3) is 11.1 Å². The molecule has 1 aliphatic carbocycles. The molecule has 6 nitrogen and oxygen atoms in total. The van der Waals surface area contributed by atoms with Gasteiger partial charge in [-0.05, 0) is 56.6 Å². The van der Waals surface area contributed by atoms with Gasteiger partial charge in [0.15, 0.2) is 0 Å². The molecule has 1 amide bonds. The Hall–Kier alpha value is -1.95. The molecule has 3 fully saturated rings. The molecule has 150 valence electrons. The molecule has 0 radical (unpaired) electrons. The fourth-order valence-electron chi connectivity index (χ4n) is 4.86. The lowest BCUT2D eigenvalue weighted by Crippen LogP contribution is -2.42. The Kier molecular flexibility index (Phi) is 4.23. The number of hydrogen-bond acceptors (Lipinski definition) is 5. The van der Waals surface area contributed by atoms with Crippen molar-refractivity contribution in [1.82, 2.24) is 20.4 Å². The van der Waals surface area contributed by atoms with Crippen LogP contribution >= 0.6 is 0 Å². The van der Waals surface area contributed by atoms with Crippen molar-refractivity contribution >= 4 is 17.0 Å². The summed E-state index contributed by atoms with van der Waals surface area (Å²) in [6.45, 7) is 8.43. The largest absolute Gasteiger partial charge is 0.336 e. The van der Waals surface area contributed by atoms with Crippen LogP contribution in [0.4, 0.5) is 0 Å². The summed E-state index contributed by atoms with van der Waals surface area (Å²) < 4.78 is 5.64. The molecule has 2 saturated heterocycles. The van der Waals surface area contributed by atoms with Crippen LogP contribution in [0, 0.1) is 5.41 Å². The molecule has 2 aromatic rings. The molecule has 28 heavy (non-hydrogen) atoms. The fourth-order valence-corrected chi connectivity index (χ4v) is 4.86. The predicted octanol–water partition coefficient (Wildman–Crippen LogP) is 3.66. The highest BCUT2D eigenvalue weighted by atomic mass is 16.5. The zero-order valence-corrected chi connectivity index (χ0v) is 17.1. The lowest BCUT2D eigenvalue weighted by Gasteiger charge is -2.28. The minimum Gasteiger partial charge on any atom is -0.336 e. The molecular weight excluding hydrogens is 352 g/mol. The topological polar surface area (TPSA) is 71.3 Å². The molecular formula is C22H30N4O2. The van der Waals surface area contributed by atoms with E-state index in [4.69, 9.17) is 9.51 Å². The number of nitrogens with zero attached hydrogens (tertiary/aromatic N) is 3. The molecule has 2 atom stereocenters. The Labute approximate surface area is 166 Å². The van der Waals surface area contributed by atoms with Gasteiger partial charge in [-0.15, -0.1) is 0 Å². The third kappa shape index (κ3) is 3.21. The van der Waals surface area contributed by atoms with Crippen molar-refractivity contribution in [2.75, 3.05) is 13.1 Å². The summed E-state index contributed by atoms with van der Waals surface area (Å²) in [4.78, 5) is 20.7. The van der Waals surface area contributed by atoms with Crippen molar-refractivity contribution < 1.29 is 9.32 Å². The van der Waals surface area contributed by atoms with Crippen molar-refractivity contribution in [2.45, 2.75) is 77.3 Å². The van der Waals surface area contributed by atoms with E-state index in [-0.39, 0.29) is 11.3 Å². The van der Waals surface area contributed by atoms with Gasteiger partial charge in [-0.3, -0.25) is 4.79 Å². The van der Waals surface area contributed by atoms with Gasteiger partial charge in [0, 0.05) is 30.2 Å². The predicted molar refractivity (Wildman–Crippen MR) is 107 cm³/mol. The Bertz CT molecular complexity index is 895. The van der Waals surface area contributed by atoms with E-state index in [2.05, 4.69) is 36.1 Å². The first-order valence-corrected chi connectivity index (χ1v) is 10.7. The maximum atomic E-state index is 13.8. The van der Waals surface area contributed by atoms with Crippen LogP contribution in [0.3, 0.4) is 0 Å². The zero-order chi connectivity index (χ0) is 19.5. The lowest BCUT2D eigenvalue weighted by molar-refractivity contribution is 0.0682. The monoisotopic (exact) mass is 382 g/mol. The van der Waals surface area contributed by atoms with Gasteiger partial charge in [0.25, 0.3) is 11.6 Å². The summed E-state index contributed by atoms with van der Waals surface area (Å²) in [5.41, 5.74) is 3.21. The number of rotatable bonds is 3. The second-order valence-corrected chi connectivity index (χ2v) is 10.0. The summed E-state index contributed by atoms with van der Waals surface area (Å²) in [5.74, 6) is 0.610. The van der Waals surface area contributed by atoms with Crippen LogP contribution in [0.2, 0.25) is 0 Å². The van der Waals surface area contributed by atoms with E-state index >= 15 is 0 Å². The lowest BCUT2D eigenvalue weighted by atomic mass is 9.89. The first-order valence-electron chi connectivity index (χ1n) is 10.7. The van der Waals surface area contributed by atoms with E-state index in [0.29, 0.717) is 23.7 Å². The van der Waals surface area contributed by atoms with E-state index in [1.807, 2.05) is 6.07 Å². The second-order valence-electron chi connectivity index (χ2n) is 10.0. The van der Waals surface area contributed by atoms with E-state index < -0.39 is 0 Å². The smallest absolute Gasteiger partial charge is 0.259 e. The van der Waals surface area contributed by atoms with E-state index in [1.54, 1.807) is 0 Å². The van der Waals surface area contributed by atoms with Crippen molar-refractivity contribution in [3.8, 4) is 0 Å². The SMILES string of the molecule is CC(C)(C)Cc1noc2nc(C3CC3)cc(C(=O)N3C4CCNCC3CC4)c12. The molecule has 0 aromatic carbocycles. The Morgan fingerprint density at radius 1 is 1.21 bits per heavy atom. The summed E-state index contributed by atoms with van der Waals surface area (Å²) in [5, 5.41) is 8.67. The molecule has 5 rings (SSSR count). The maximum absolute atomic E-state index is 13.8. The third-order valence-electron chi connectivity index (χ3n) is 6.35. The molecule has 3 aliphatic rings. The van der Waals surface area contributed by atoms with Gasteiger partial charge < -0.3 is 14.7 Å². The zero-order valence-electron chi connectivity index (χ0n) is 17.1. The van der Waals surface area contributed by atoms with Crippen LogP contribution in [0.15, 0.2) is 10.6 Å². The van der Waals surface area contributed by atoms with E-state index in [0.717, 1.165) is 74.0 Å². The maximum Gasteiger partial charge on any atom is 0.259 e. The van der Waals surface area contributed by atoms with Crippen molar-refractivity contribution in [1.29, 1.82) is 0 Å². The summed E-state index contributed by atoms with van der Waals surface area (Å²) in [6, 6.07) is 2.67. The number of amides is 1. The molecule has 2 unspecified atom stereocenters. The number of aromatic nitrogens is 2. The van der Waals surface area contributed by atoms with Gasteiger partial charge in [0.1, 0.15) is 0 Å². The van der Waals surface area contributed by atoms with E-state index in [1.165, 1.54) is 0 Å². The van der Waals surface area contributed by atoms with Gasteiger partial charge in [-0.25, -0.2) is 4.98 Å². The first-order chi connectivity index (χ1) is 13.4. The number of hydrogen-bond donors (Lipinski definition) is 1. The average Bonchev–Trinajstić information content (AvgIpc) is 3.33. The molecule has 2 bridgehead atoms. The van der Waals surface area contributed by atoms with Gasteiger partial charge in [0.05, 0.1) is 16.6 Å². The Morgan fingerprint density at radius 3 is 2.75 bits per heavy atom. The van der Waals surface area contributed by atoms with E-state index in [9.17, 15) is 4.79 Å². The molecule has 1 saturated carbocycles. The second kappa shape index (κ2) is 6.55. The standard InChI is InChI=1S/C22H30N4O2/c1-22(2,3)11-18-19-16(10-17(13-4-5-13)24-20(19)28-25-18)21(27)26-14-6-7-15(26)12-23-9-8-14/h10,13-15,23H,4-9,11-12H2,1-3H3. The quantitative estimate of drug-likeness (QED) is 0.877. The minimum absolute atomic E-state index is 0.0604. The number of carbonyl (C=O) groups is 1. The fraction of sp³-hybridized carbons (Fsp3) is 0.682. The summed E-state index contributed by atoms with van der Waals surface area (Å²) >= 11 is 0. The van der Waals surface area contributed by atoms with Gasteiger partial charge >= 0.3 is 0 Å². The van der Waals surface area contributed by atoms with Crippen LogP contribution in [0.1, 0.15) is 80.5 Å². The molecule has 2 aromatic heterocycles. The summed E-state index contributed by atoms with van der Waals surface area (Å²) in [6.07, 6.45) is 6.29. The minimum atomic E-state index is 0.0604. The molecule has 6 heteroatoms. The number of nitrogens with one attached hydrogen (secondary N) is 1. The number of pyridine rings is 1. The van der Waals surface area contributed by atoms with Crippen LogP contribution in [-0.2, 0) is 6.42 Å². The van der Waals surface area contributed by atoms with Crippen LogP contribution in [-0.4, -0.2) is 46.1 Å². The first kappa shape index (κ1) is 18.1. The van der Waals surface area contributed by atoms with Gasteiger partial charge in [0.2, 0.25) is 0 Å². The average molecular weight is 383 g/mol. The highest BCUT2D eigenvalue weighted by molar-refractivity contribution is 6.06. The highest BCUT2D eigenvalue weighted by Crippen LogP contribution is 2.41. The molecule has 4 heterocycles. The van der Waals surface area contributed by atoms with Gasteiger partial charge in [-0.1, -0.05) is 25.9 Å². The van der Waals surface area contributed by atoms with Crippen molar-refractivity contribution in [2.24, 2.45) is 5.41 Å². The third-order valence-corrected chi connectivity index (χ3v) is 6.35. The van der Waals surface area contributed by atoms with Crippen molar-refractivity contribution in [3.05, 3.63) is 23.0 Å². The summed E-state index contributed by atoms with van der Waals surface area (Å²) in [7, 11) is 0. The van der Waals surface area contributed by atoms with Crippen molar-refractivity contribution in [3.63, 3.8) is 0 Å². The highest BCUT2D eigenvalue weighted by Gasteiger charge is 2.40.